The molecule has 0 spiro atoms. The number of hydrogen-bond donors (Lipinski definition) is 4. The van der Waals surface area contributed by atoms with Crippen molar-refractivity contribution in [1.29, 1.82) is 0 Å². The van der Waals surface area contributed by atoms with Crippen molar-refractivity contribution in [2.24, 2.45) is 4.99 Å². The Morgan fingerprint density at radius 3 is 2.54 bits per heavy atom. The summed E-state index contributed by atoms with van der Waals surface area (Å²) >= 11 is 0. The number of rotatable bonds is 7. The molecule has 7 heteroatoms. The van der Waals surface area contributed by atoms with Gasteiger partial charge in [-0.3, -0.25) is 9.69 Å². The van der Waals surface area contributed by atoms with E-state index in [9.17, 15) is 9.90 Å². The van der Waals surface area contributed by atoms with E-state index in [1.807, 2.05) is 54.6 Å². The zero-order chi connectivity index (χ0) is 27.2. The predicted molar refractivity (Wildman–Crippen MR) is 154 cm³/mol. The smallest absolute Gasteiger partial charge is 0.296 e. The summed E-state index contributed by atoms with van der Waals surface area (Å²) in [7, 11) is 0. The van der Waals surface area contributed by atoms with E-state index in [4.69, 9.17) is 10.1 Å². The first-order chi connectivity index (χ1) is 19.0. The number of benzene rings is 3. The Labute approximate surface area is 228 Å². The number of fused-ring (bicyclic) bond motifs is 1. The van der Waals surface area contributed by atoms with Crippen LogP contribution in [0.5, 0.6) is 5.88 Å². The van der Waals surface area contributed by atoms with Gasteiger partial charge >= 0.3 is 0 Å². The number of amides is 1. The summed E-state index contributed by atoms with van der Waals surface area (Å²) in [5.74, 6) is 4.94. The Morgan fingerprint density at radius 1 is 1.08 bits per heavy atom. The van der Waals surface area contributed by atoms with Crippen molar-refractivity contribution in [3.8, 4) is 17.7 Å². The molecule has 4 N–H and O–H groups in total. The van der Waals surface area contributed by atoms with Crippen molar-refractivity contribution in [3.05, 3.63) is 95.1 Å². The number of nitrogens with one attached hydrogen (secondary N) is 2. The van der Waals surface area contributed by atoms with Crippen molar-refractivity contribution in [1.82, 2.24) is 15.2 Å². The standard InChI is InChI=1S/C32H32N4O3/c1-22(21-37)33-29(38)16-12-23-11-15-27-28(19-23)35-32(39)30(27)31(25-7-3-2-4-8-25)34-26-13-9-24(10-14-26)20-36-17-5-6-18-36/h2-4,7-11,13-15,19,22,35,37,39H,5-6,17-18,20-21H2,1H3,(H,33,38)/t22-/m0/s1. The quantitative estimate of drug-likeness (QED) is 0.213. The molecule has 4 aromatic rings. The van der Waals surface area contributed by atoms with Gasteiger partial charge in [-0.2, -0.15) is 0 Å². The number of aliphatic hydroxyl groups excluding tert-OH is 1. The molecule has 0 bridgehead atoms. The van der Waals surface area contributed by atoms with Crippen LogP contribution in [-0.4, -0.2) is 57.5 Å². The maximum absolute atomic E-state index is 12.0. The highest BCUT2D eigenvalue weighted by Gasteiger charge is 2.19. The lowest BCUT2D eigenvalue weighted by atomic mass is 10.00. The Hall–Kier alpha value is -4.38. The van der Waals surface area contributed by atoms with E-state index in [0.717, 1.165) is 36.3 Å². The van der Waals surface area contributed by atoms with Crippen LogP contribution in [0.3, 0.4) is 0 Å². The first kappa shape index (κ1) is 26.2. The van der Waals surface area contributed by atoms with Gasteiger partial charge in [0.25, 0.3) is 5.91 Å². The lowest BCUT2D eigenvalue weighted by Crippen LogP contribution is -2.33. The molecule has 1 amide bonds. The zero-order valence-corrected chi connectivity index (χ0v) is 21.9. The van der Waals surface area contributed by atoms with Crippen LogP contribution in [0.15, 0.2) is 77.8 Å². The van der Waals surface area contributed by atoms with E-state index in [1.54, 1.807) is 13.0 Å². The third kappa shape index (κ3) is 6.37. The summed E-state index contributed by atoms with van der Waals surface area (Å²) in [6.45, 7) is 4.80. The molecule has 1 fully saturated rings. The van der Waals surface area contributed by atoms with E-state index < -0.39 is 5.91 Å². The molecule has 0 saturated carbocycles. The van der Waals surface area contributed by atoms with Crippen LogP contribution in [0.4, 0.5) is 5.69 Å². The molecule has 39 heavy (non-hydrogen) atoms. The fourth-order valence-corrected chi connectivity index (χ4v) is 4.80. The predicted octanol–water partition coefficient (Wildman–Crippen LogP) is 4.49. The normalized spacial score (nSPS) is 14.7. The number of aromatic nitrogens is 1. The molecule has 2 heterocycles. The molecule has 5 rings (SSSR count). The zero-order valence-electron chi connectivity index (χ0n) is 21.9. The molecular weight excluding hydrogens is 488 g/mol. The Kier molecular flexibility index (Phi) is 8.07. The highest BCUT2D eigenvalue weighted by Crippen LogP contribution is 2.32. The number of aromatic amines is 1. The lowest BCUT2D eigenvalue weighted by Gasteiger charge is -2.14. The Bertz CT molecular complexity index is 1540. The van der Waals surface area contributed by atoms with Crippen LogP contribution >= 0.6 is 0 Å². The van der Waals surface area contributed by atoms with Crippen LogP contribution in [0.1, 0.15) is 42.0 Å². The number of aliphatic hydroxyl groups is 1. The third-order valence-corrected chi connectivity index (χ3v) is 6.82. The van der Waals surface area contributed by atoms with Gasteiger partial charge in [-0.25, -0.2) is 4.99 Å². The second kappa shape index (κ2) is 12.0. The fourth-order valence-electron chi connectivity index (χ4n) is 4.80. The van der Waals surface area contributed by atoms with Crippen LogP contribution in [0.2, 0.25) is 0 Å². The topological polar surface area (TPSA) is 101 Å². The van der Waals surface area contributed by atoms with E-state index in [2.05, 4.69) is 39.2 Å². The number of likely N-dealkylation sites (tertiary alicyclic amines) is 1. The largest absolute Gasteiger partial charge is 0.494 e. The van der Waals surface area contributed by atoms with Gasteiger partial charge < -0.3 is 20.5 Å². The maximum atomic E-state index is 12.0. The number of aromatic hydroxyl groups is 1. The average Bonchev–Trinajstić information content (AvgIpc) is 3.58. The average molecular weight is 521 g/mol. The molecule has 1 atom stereocenters. The molecule has 1 aliphatic rings. The van der Waals surface area contributed by atoms with Gasteiger partial charge in [0, 0.05) is 29.0 Å². The van der Waals surface area contributed by atoms with Crippen LogP contribution in [-0.2, 0) is 11.3 Å². The third-order valence-electron chi connectivity index (χ3n) is 6.82. The van der Waals surface area contributed by atoms with Crippen LogP contribution in [0.25, 0.3) is 10.9 Å². The van der Waals surface area contributed by atoms with Gasteiger partial charge in [0.2, 0.25) is 0 Å². The summed E-state index contributed by atoms with van der Waals surface area (Å²) in [6.07, 6.45) is 2.54. The van der Waals surface area contributed by atoms with E-state index >= 15 is 0 Å². The van der Waals surface area contributed by atoms with Crippen molar-refractivity contribution in [2.45, 2.75) is 32.4 Å². The molecule has 7 nitrogen and oxygen atoms in total. The number of aliphatic imine (C=N–C) groups is 1. The molecule has 3 aromatic carbocycles. The first-order valence-electron chi connectivity index (χ1n) is 13.2. The van der Waals surface area contributed by atoms with Crippen molar-refractivity contribution >= 4 is 28.2 Å². The van der Waals surface area contributed by atoms with Crippen LogP contribution < -0.4 is 5.32 Å². The molecule has 0 unspecified atom stereocenters. The molecule has 0 radical (unpaired) electrons. The minimum absolute atomic E-state index is 0.0119. The molecule has 1 saturated heterocycles. The van der Waals surface area contributed by atoms with Crippen molar-refractivity contribution in [3.63, 3.8) is 0 Å². The lowest BCUT2D eigenvalue weighted by molar-refractivity contribution is -0.116. The highest BCUT2D eigenvalue weighted by atomic mass is 16.3. The summed E-state index contributed by atoms with van der Waals surface area (Å²) in [5, 5.41) is 23.5. The molecule has 1 aromatic heterocycles. The van der Waals surface area contributed by atoms with Crippen LogP contribution in [0, 0.1) is 11.8 Å². The summed E-state index contributed by atoms with van der Waals surface area (Å²) in [4.78, 5) is 22.5. The number of carbonyl (C=O) groups excluding carboxylic acids is 1. The van der Waals surface area contributed by atoms with E-state index in [1.165, 1.54) is 18.4 Å². The van der Waals surface area contributed by atoms with Gasteiger partial charge in [0.15, 0.2) is 5.88 Å². The molecular formula is C32H32N4O3. The first-order valence-corrected chi connectivity index (χ1v) is 13.2. The Morgan fingerprint density at radius 2 is 1.82 bits per heavy atom. The SMILES string of the molecule is C[C@@H](CO)NC(=O)C#Cc1ccc2c(C(=Nc3ccc(CN4CCCC4)cc3)c3ccccc3)c(O)[nH]c2c1. The van der Waals surface area contributed by atoms with E-state index in [0.29, 0.717) is 22.4 Å². The molecule has 198 valence electrons. The number of nitrogens with zero attached hydrogens (tertiary/aromatic N) is 2. The van der Waals surface area contributed by atoms with Gasteiger partial charge in [-0.05, 0) is 62.7 Å². The van der Waals surface area contributed by atoms with E-state index in [-0.39, 0.29) is 18.5 Å². The maximum Gasteiger partial charge on any atom is 0.296 e. The summed E-state index contributed by atoms with van der Waals surface area (Å²) < 4.78 is 0. The minimum atomic E-state index is -0.461. The minimum Gasteiger partial charge on any atom is -0.494 e. The van der Waals surface area contributed by atoms with Crippen molar-refractivity contribution < 1.29 is 15.0 Å². The second-order valence-corrected chi connectivity index (χ2v) is 9.89. The van der Waals surface area contributed by atoms with Gasteiger partial charge in [0.05, 0.1) is 35.1 Å². The molecule has 0 aliphatic carbocycles. The fraction of sp³-hybridized carbons (Fsp3) is 0.250. The highest BCUT2D eigenvalue weighted by molar-refractivity contribution is 6.22. The number of H-pyrrole nitrogens is 1. The van der Waals surface area contributed by atoms with Gasteiger partial charge in [0.1, 0.15) is 0 Å². The number of hydrogen-bond acceptors (Lipinski definition) is 5. The Balaban J connectivity index is 1.48. The van der Waals surface area contributed by atoms with Crippen molar-refractivity contribution in [2.75, 3.05) is 19.7 Å². The second-order valence-electron chi connectivity index (χ2n) is 9.89. The van der Waals surface area contributed by atoms with Gasteiger partial charge in [-0.1, -0.05) is 54.5 Å². The van der Waals surface area contributed by atoms with Gasteiger partial charge in [-0.15, -0.1) is 0 Å². The molecule has 1 aliphatic heterocycles. The summed E-state index contributed by atoms with van der Waals surface area (Å²) in [5.41, 5.74) is 5.51. The number of carbonyl (C=O) groups is 1. The summed E-state index contributed by atoms with van der Waals surface area (Å²) in [6, 6.07) is 23.2. The monoisotopic (exact) mass is 520 g/mol.